The Morgan fingerprint density at radius 2 is 1.97 bits per heavy atom. The van der Waals surface area contributed by atoms with Crippen molar-refractivity contribution in [2.24, 2.45) is 0 Å². The number of esters is 1. The van der Waals surface area contributed by atoms with Crippen LogP contribution in [-0.4, -0.2) is 36.6 Å². The monoisotopic (exact) mass is 401 g/mol. The fourth-order valence-corrected chi connectivity index (χ4v) is 3.47. The van der Waals surface area contributed by atoms with Crippen molar-refractivity contribution < 1.29 is 27.9 Å². The maximum Gasteiger partial charge on any atom is 0.375 e. The molecule has 3 rings (SSSR count). The van der Waals surface area contributed by atoms with E-state index in [4.69, 9.17) is 13.9 Å². The molecule has 0 radical (unpaired) electrons. The van der Waals surface area contributed by atoms with Crippen molar-refractivity contribution in [2.45, 2.75) is 33.7 Å². The van der Waals surface area contributed by atoms with Crippen LogP contribution < -0.4 is 0 Å². The average molecular weight is 401 g/mol. The number of carbonyl (C=O) groups is 2. The maximum atomic E-state index is 13.9. The summed E-state index contributed by atoms with van der Waals surface area (Å²) in [5, 5.41) is 0.503. The molecule has 0 aliphatic heterocycles. The van der Waals surface area contributed by atoms with Gasteiger partial charge in [0.25, 0.3) is 0 Å². The van der Waals surface area contributed by atoms with E-state index in [0.29, 0.717) is 23.1 Å². The van der Waals surface area contributed by atoms with Gasteiger partial charge in [-0.2, -0.15) is 0 Å². The number of rotatable bonds is 8. The van der Waals surface area contributed by atoms with Crippen molar-refractivity contribution in [3.8, 4) is 0 Å². The number of halogens is 1. The van der Waals surface area contributed by atoms with Crippen LogP contribution in [0.5, 0.6) is 0 Å². The van der Waals surface area contributed by atoms with Crippen LogP contribution >= 0.6 is 0 Å². The number of benzene rings is 1. The SMILES string of the molecule is COCCCn1c(C)cc(C(=O)COC(=O)c2oc3c(F)cccc3c2C)c1C. The second-order valence-corrected chi connectivity index (χ2v) is 6.95. The normalized spacial score (nSPS) is 11.2. The number of para-hydroxylation sites is 1. The van der Waals surface area contributed by atoms with E-state index in [-0.39, 0.29) is 17.1 Å². The third-order valence-corrected chi connectivity index (χ3v) is 5.04. The summed E-state index contributed by atoms with van der Waals surface area (Å²) < 4.78 is 31.5. The largest absolute Gasteiger partial charge is 0.451 e. The van der Waals surface area contributed by atoms with Gasteiger partial charge in [-0.15, -0.1) is 0 Å². The third kappa shape index (κ3) is 4.10. The Hall–Kier alpha value is -2.93. The Balaban J connectivity index is 1.71. The summed E-state index contributed by atoms with van der Waals surface area (Å²) in [4.78, 5) is 25.0. The fraction of sp³-hybridized carbons (Fsp3) is 0.364. The van der Waals surface area contributed by atoms with Crippen molar-refractivity contribution in [2.75, 3.05) is 20.3 Å². The van der Waals surface area contributed by atoms with Gasteiger partial charge in [-0.05, 0) is 39.3 Å². The Morgan fingerprint density at radius 1 is 1.21 bits per heavy atom. The van der Waals surface area contributed by atoms with E-state index in [1.807, 2.05) is 18.4 Å². The van der Waals surface area contributed by atoms with Crippen LogP contribution in [0.2, 0.25) is 0 Å². The summed E-state index contributed by atoms with van der Waals surface area (Å²) in [5.74, 6) is -1.74. The Bertz CT molecular complexity index is 1060. The smallest absolute Gasteiger partial charge is 0.375 e. The van der Waals surface area contributed by atoms with Crippen LogP contribution in [0.25, 0.3) is 11.0 Å². The van der Waals surface area contributed by atoms with E-state index in [1.165, 1.54) is 6.07 Å². The molecule has 1 aromatic carbocycles. The van der Waals surface area contributed by atoms with Crippen LogP contribution in [0.3, 0.4) is 0 Å². The summed E-state index contributed by atoms with van der Waals surface area (Å²) in [5.41, 5.74) is 2.77. The quantitative estimate of drug-likeness (QED) is 0.318. The van der Waals surface area contributed by atoms with Gasteiger partial charge in [0.15, 0.2) is 18.0 Å². The van der Waals surface area contributed by atoms with Gasteiger partial charge in [0, 0.05) is 48.2 Å². The van der Waals surface area contributed by atoms with Crippen LogP contribution in [0.4, 0.5) is 4.39 Å². The molecule has 0 spiro atoms. The molecule has 0 aliphatic rings. The van der Waals surface area contributed by atoms with Gasteiger partial charge < -0.3 is 18.5 Å². The lowest BCUT2D eigenvalue weighted by Gasteiger charge is -2.09. The molecule has 0 N–H and O–H groups in total. The van der Waals surface area contributed by atoms with Gasteiger partial charge >= 0.3 is 5.97 Å². The summed E-state index contributed by atoms with van der Waals surface area (Å²) >= 11 is 0. The first-order valence-corrected chi connectivity index (χ1v) is 9.38. The molecule has 0 saturated heterocycles. The number of aryl methyl sites for hydroxylation is 2. The highest BCUT2D eigenvalue weighted by Crippen LogP contribution is 2.27. The Morgan fingerprint density at radius 3 is 2.66 bits per heavy atom. The highest BCUT2D eigenvalue weighted by molar-refractivity contribution is 6.01. The molecule has 6 nitrogen and oxygen atoms in total. The Kier molecular flexibility index (Phi) is 6.17. The lowest BCUT2D eigenvalue weighted by molar-refractivity contribution is 0.0444. The molecule has 3 aromatic rings. The molecule has 0 atom stereocenters. The number of hydrogen-bond acceptors (Lipinski definition) is 5. The van der Waals surface area contributed by atoms with Gasteiger partial charge in [-0.25, -0.2) is 9.18 Å². The number of Topliss-reactive ketones (excluding diaryl/α,β-unsaturated/α-hetero) is 1. The predicted molar refractivity (Wildman–Crippen MR) is 106 cm³/mol. The number of carbonyl (C=O) groups excluding carboxylic acids is 2. The van der Waals surface area contributed by atoms with E-state index in [9.17, 15) is 14.0 Å². The number of furan rings is 1. The molecular weight excluding hydrogens is 377 g/mol. The zero-order chi connectivity index (χ0) is 21.1. The van der Waals surface area contributed by atoms with Crippen molar-refractivity contribution in [3.63, 3.8) is 0 Å². The lowest BCUT2D eigenvalue weighted by atomic mass is 10.1. The van der Waals surface area contributed by atoms with E-state index in [1.54, 1.807) is 32.2 Å². The first-order valence-electron chi connectivity index (χ1n) is 9.38. The van der Waals surface area contributed by atoms with Crippen LogP contribution in [0.15, 0.2) is 28.7 Å². The minimum Gasteiger partial charge on any atom is -0.451 e. The van der Waals surface area contributed by atoms with Gasteiger partial charge in [0.05, 0.1) is 0 Å². The minimum atomic E-state index is -0.791. The number of hydrogen-bond donors (Lipinski definition) is 0. The molecule has 0 amide bonds. The van der Waals surface area contributed by atoms with Crippen molar-refractivity contribution >= 4 is 22.7 Å². The second-order valence-electron chi connectivity index (χ2n) is 6.95. The lowest BCUT2D eigenvalue weighted by Crippen LogP contribution is -2.15. The molecular formula is C22H24FNO5. The van der Waals surface area contributed by atoms with E-state index in [0.717, 1.165) is 24.4 Å². The van der Waals surface area contributed by atoms with Crippen LogP contribution in [-0.2, 0) is 16.0 Å². The molecule has 154 valence electrons. The number of ether oxygens (including phenoxy) is 2. The third-order valence-electron chi connectivity index (χ3n) is 5.04. The second kappa shape index (κ2) is 8.61. The first-order chi connectivity index (χ1) is 13.8. The first kappa shape index (κ1) is 20.8. The van der Waals surface area contributed by atoms with E-state index >= 15 is 0 Å². The molecule has 0 saturated carbocycles. The summed E-state index contributed by atoms with van der Waals surface area (Å²) in [6.07, 6.45) is 0.831. The summed E-state index contributed by atoms with van der Waals surface area (Å²) in [6, 6.07) is 6.26. The minimum absolute atomic E-state index is 0.00267. The van der Waals surface area contributed by atoms with Crippen LogP contribution in [0, 0.1) is 26.6 Å². The van der Waals surface area contributed by atoms with Gasteiger partial charge in [-0.3, -0.25) is 4.79 Å². The molecule has 0 bridgehead atoms. The zero-order valence-electron chi connectivity index (χ0n) is 17.0. The molecule has 2 heterocycles. The summed E-state index contributed by atoms with van der Waals surface area (Å²) in [7, 11) is 1.65. The van der Waals surface area contributed by atoms with Gasteiger partial charge in [0.2, 0.25) is 11.5 Å². The van der Waals surface area contributed by atoms with Crippen molar-refractivity contribution in [1.82, 2.24) is 4.57 Å². The predicted octanol–water partition coefficient (Wildman–Crippen LogP) is 4.37. The molecule has 29 heavy (non-hydrogen) atoms. The Labute approximate surface area is 168 Å². The number of nitrogens with zero attached hydrogens (tertiary/aromatic N) is 1. The highest BCUT2D eigenvalue weighted by Gasteiger charge is 2.23. The zero-order valence-corrected chi connectivity index (χ0v) is 17.0. The van der Waals surface area contributed by atoms with E-state index < -0.39 is 18.4 Å². The molecule has 0 unspecified atom stereocenters. The van der Waals surface area contributed by atoms with Crippen LogP contribution in [0.1, 0.15) is 44.3 Å². The topological polar surface area (TPSA) is 70.7 Å². The molecule has 7 heteroatoms. The maximum absolute atomic E-state index is 13.9. The number of fused-ring (bicyclic) bond motifs is 1. The summed E-state index contributed by atoms with van der Waals surface area (Å²) in [6.45, 7) is 6.39. The molecule has 0 aliphatic carbocycles. The molecule has 2 aromatic heterocycles. The van der Waals surface area contributed by atoms with Crippen molar-refractivity contribution in [3.05, 3.63) is 58.4 Å². The molecule has 0 fully saturated rings. The average Bonchev–Trinajstić information content (AvgIpc) is 3.18. The van der Waals surface area contributed by atoms with Crippen molar-refractivity contribution in [1.29, 1.82) is 0 Å². The van der Waals surface area contributed by atoms with Gasteiger partial charge in [0.1, 0.15) is 0 Å². The number of methoxy groups -OCH3 is 1. The number of aromatic nitrogens is 1. The standard InChI is InChI=1S/C22H24FNO5/c1-13-11-17(15(3)24(13)9-6-10-27-4)19(25)12-28-22(26)20-14(2)16-7-5-8-18(23)21(16)29-20/h5,7-8,11H,6,9-10,12H2,1-4H3. The highest BCUT2D eigenvalue weighted by atomic mass is 19.1. The van der Waals surface area contributed by atoms with Gasteiger partial charge in [-0.1, -0.05) is 12.1 Å². The van der Waals surface area contributed by atoms with E-state index in [2.05, 4.69) is 0 Å². The fourth-order valence-electron chi connectivity index (χ4n) is 3.47. The number of ketones is 1.